The van der Waals surface area contributed by atoms with E-state index in [1.807, 2.05) is 91.5 Å². The van der Waals surface area contributed by atoms with Crippen LogP contribution in [0.3, 0.4) is 0 Å². The summed E-state index contributed by atoms with van der Waals surface area (Å²) in [6.45, 7) is 3.69. The van der Waals surface area contributed by atoms with Gasteiger partial charge in [0.15, 0.2) is 0 Å². The molecular formula is C25H25N3O2. The van der Waals surface area contributed by atoms with Crippen molar-refractivity contribution in [3.8, 4) is 11.1 Å². The molecule has 0 atom stereocenters. The fraction of sp³-hybridized carbons (Fsp3) is 0.200. The van der Waals surface area contributed by atoms with Crippen LogP contribution in [0.4, 0.5) is 11.4 Å². The normalized spacial score (nSPS) is 12.4. The van der Waals surface area contributed by atoms with Gasteiger partial charge in [0, 0.05) is 49.7 Å². The van der Waals surface area contributed by atoms with Gasteiger partial charge < -0.3 is 15.1 Å². The van der Waals surface area contributed by atoms with Crippen LogP contribution < -0.4 is 10.2 Å². The van der Waals surface area contributed by atoms with Crippen LogP contribution in [-0.2, 0) is 0 Å². The van der Waals surface area contributed by atoms with Crippen molar-refractivity contribution < 1.29 is 9.59 Å². The van der Waals surface area contributed by atoms with Gasteiger partial charge >= 0.3 is 0 Å². The van der Waals surface area contributed by atoms with Gasteiger partial charge in [0.25, 0.3) is 11.8 Å². The van der Waals surface area contributed by atoms with Crippen LogP contribution in [0.25, 0.3) is 11.1 Å². The summed E-state index contributed by atoms with van der Waals surface area (Å²) in [5, 5.41) is 2.99. The summed E-state index contributed by atoms with van der Waals surface area (Å²) in [5.41, 5.74) is 6.03. The number of hydrogen-bond acceptors (Lipinski definition) is 3. The van der Waals surface area contributed by atoms with Crippen LogP contribution in [-0.4, -0.2) is 43.9 Å². The van der Waals surface area contributed by atoms with Crippen molar-refractivity contribution in [2.45, 2.75) is 6.92 Å². The Morgan fingerprint density at radius 2 is 1.63 bits per heavy atom. The Hall–Kier alpha value is -3.60. The van der Waals surface area contributed by atoms with Gasteiger partial charge in [-0.05, 0) is 66.1 Å². The SMILES string of the molecule is Cc1ccc(NC(=O)c2cccc(N(C)C)c2)cc1-c1cccc(C(=O)N2CC2)c1. The molecule has 3 aromatic rings. The fourth-order valence-electron chi connectivity index (χ4n) is 3.39. The quantitative estimate of drug-likeness (QED) is 0.646. The lowest BCUT2D eigenvalue weighted by Gasteiger charge is -2.14. The van der Waals surface area contributed by atoms with Crippen LogP contribution in [0.15, 0.2) is 66.7 Å². The second-order valence-electron chi connectivity index (χ2n) is 7.80. The molecule has 0 aromatic heterocycles. The van der Waals surface area contributed by atoms with E-state index in [9.17, 15) is 9.59 Å². The van der Waals surface area contributed by atoms with Gasteiger partial charge in [-0.2, -0.15) is 0 Å². The Kier molecular flexibility index (Phi) is 5.27. The largest absolute Gasteiger partial charge is 0.378 e. The van der Waals surface area contributed by atoms with E-state index in [-0.39, 0.29) is 11.8 Å². The van der Waals surface area contributed by atoms with Gasteiger partial charge in [0.05, 0.1) is 0 Å². The first-order valence-corrected chi connectivity index (χ1v) is 10.0. The lowest BCUT2D eigenvalue weighted by atomic mass is 9.98. The van der Waals surface area contributed by atoms with Crippen molar-refractivity contribution in [2.75, 3.05) is 37.4 Å². The molecule has 1 N–H and O–H groups in total. The molecule has 5 nitrogen and oxygen atoms in total. The van der Waals surface area contributed by atoms with Gasteiger partial charge in [-0.15, -0.1) is 0 Å². The molecule has 0 bridgehead atoms. The maximum Gasteiger partial charge on any atom is 0.255 e. The molecule has 0 radical (unpaired) electrons. The number of amides is 2. The van der Waals surface area contributed by atoms with Crippen LogP contribution in [0.2, 0.25) is 0 Å². The van der Waals surface area contributed by atoms with E-state index in [0.717, 1.165) is 41.2 Å². The predicted molar refractivity (Wildman–Crippen MR) is 121 cm³/mol. The van der Waals surface area contributed by atoms with Crippen LogP contribution in [0.1, 0.15) is 26.3 Å². The number of nitrogens with zero attached hydrogens (tertiary/aromatic N) is 2. The minimum absolute atomic E-state index is 0.0692. The van der Waals surface area contributed by atoms with Gasteiger partial charge in [0.1, 0.15) is 0 Å². The third-order valence-corrected chi connectivity index (χ3v) is 5.28. The highest BCUT2D eigenvalue weighted by molar-refractivity contribution is 6.05. The summed E-state index contributed by atoms with van der Waals surface area (Å²) in [4.78, 5) is 28.9. The van der Waals surface area contributed by atoms with E-state index >= 15 is 0 Å². The second-order valence-corrected chi connectivity index (χ2v) is 7.80. The summed E-state index contributed by atoms with van der Waals surface area (Å²) in [6, 6.07) is 21.0. The molecule has 30 heavy (non-hydrogen) atoms. The first-order chi connectivity index (χ1) is 14.4. The maximum atomic E-state index is 12.8. The van der Waals surface area contributed by atoms with Gasteiger partial charge in [0.2, 0.25) is 0 Å². The van der Waals surface area contributed by atoms with Crippen molar-refractivity contribution in [1.82, 2.24) is 4.90 Å². The molecule has 0 saturated carbocycles. The fourth-order valence-corrected chi connectivity index (χ4v) is 3.39. The Balaban J connectivity index is 1.59. The molecule has 3 aromatic carbocycles. The molecule has 1 fully saturated rings. The number of rotatable bonds is 5. The Morgan fingerprint density at radius 3 is 2.37 bits per heavy atom. The van der Waals surface area contributed by atoms with Gasteiger partial charge in [-0.1, -0.05) is 24.3 Å². The van der Waals surface area contributed by atoms with E-state index in [2.05, 4.69) is 5.32 Å². The van der Waals surface area contributed by atoms with Gasteiger partial charge in [-0.25, -0.2) is 0 Å². The van der Waals surface area contributed by atoms with Crippen molar-refractivity contribution in [2.24, 2.45) is 0 Å². The third kappa shape index (κ3) is 4.20. The van der Waals surface area contributed by atoms with Crippen molar-refractivity contribution >= 4 is 23.2 Å². The second kappa shape index (κ2) is 8.03. The molecule has 1 heterocycles. The number of nitrogens with one attached hydrogen (secondary N) is 1. The Morgan fingerprint density at radius 1 is 0.900 bits per heavy atom. The molecule has 1 aliphatic heterocycles. The van der Waals surface area contributed by atoms with Crippen LogP contribution in [0, 0.1) is 6.92 Å². The minimum Gasteiger partial charge on any atom is -0.378 e. The summed E-state index contributed by atoms with van der Waals surface area (Å²) < 4.78 is 0. The monoisotopic (exact) mass is 399 g/mol. The highest BCUT2D eigenvalue weighted by Gasteiger charge is 2.25. The highest BCUT2D eigenvalue weighted by atomic mass is 16.2. The summed E-state index contributed by atoms with van der Waals surface area (Å²) in [5.74, 6) is -0.0845. The Labute approximate surface area is 176 Å². The zero-order valence-electron chi connectivity index (χ0n) is 17.5. The number of anilines is 2. The smallest absolute Gasteiger partial charge is 0.255 e. The molecular weight excluding hydrogens is 374 g/mol. The van der Waals surface area contributed by atoms with E-state index in [1.54, 1.807) is 6.07 Å². The zero-order chi connectivity index (χ0) is 21.3. The lowest BCUT2D eigenvalue weighted by Crippen LogP contribution is -2.14. The predicted octanol–water partition coefficient (Wildman–Crippen LogP) is 4.44. The standard InChI is InChI=1S/C25H25N3O2/c1-17-10-11-21(26-24(29)19-7-5-9-22(15-19)27(2)3)16-23(17)18-6-4-8-20(14-18)25(30)28-12-13-28/h4-11,14-16H,12-13H2,1-3H3,(H,26,29). The van der Waals surface area contributed by atoms with E-state index in [4.69, 9.17) is 0 Å². The number of aryl methyl sites for hydroxylation is 1. The molecule has 0 spiro atoms. The molecule has 5 heteroatoms. The van der Waals surface area contributed by atoms with Crippen molar-refractivity contribution in [3.63, 3.8) is 0 Å². The zero-order valence-corrected chi connectivity index (χ0v) is 17.5. The maximum absolute atomic E-state index is 12.8. The van der Waals surface area contributed by atoms with Crippen LogP contribution >= 0.6 is 0 Å². The highest BCUT2D eigenvalue weighted by Crippen LogP contribution is 2.28. The summed E-state index contributed by atoms with van der Waals surface area (Å²) >= 11 is 0. The van der Waals surface area contributed by atoms with Crippen molar-refractivity contribution in [1.29, 1.82) is 0 Å². The van der Waals surface area contributed by atoms with E-state index in [1.165, 1.54) is 0 Å². The molecule has 152 valence electrons. The molecule has 1 saturated heterocycles. The van der Waals surface area contributed by atoms with E-state index in [0.29, 0.717) is 11.1 Å². The number of benzene rings is 3. The molecule has 1 aliphatic rings. The summed E-state index contributed by atoms with van der Waals surface area (Å²) in [7, 11) is 3.89. The lowest BCUT2D eigenvalue weighted by molar-refractivity contribution is 0.0885. The number of carbonyl (C=O) groups excluding carboxylic acids is 2. The average Bonchev–Trinajstić information content (AvgIpc) is 3.60. The number of hydrogen-bond donors (Lipinski definition) is 1. The summed E-state index contributed by atoms with van der Waals surface area (Å²) in [6.07, 6.45) is 0. The van der Waals surface area contributed by atoms with E-state index < -0.39 is 0 Å². The molecule has 0 unspecified atom stereocenters. The first kappa shape index (κ1) is 19.7. The average molecular weight is 399 g/mol. The Bertz CT molecular complexity index is 1120. The van der Waals surface area contributed by atoms with Crippen LogP contribution in [0.5, 0.6) is 0 Å². The molecule has 4 rings (SSSR count). The first-order valence-electron chi connectivity index (χ1n) is 10.0. The topological polar surface area (TPSA) is 52.4 Å². The minimum atomic E-state index is -0.154. The molecule has 0 aliphatic carbocycles. The number of carbonyl (C=O) groups is 2. The van der Waals surface area contributed by atoms with Crippen molar-refractivity contribution in [3.05, 3.63) is 83.4 Å². The third-order valence-electron chi connectivity index (χ3n) is 5.28. The van der Waals surface area contributed by atoms with Gasteiger partial charge in [-0.3, -0.25) is 9.59 Å². The molecule has 2 amide bonds.